The minimum Gasteiger partial charge on any atom is -0.399 e. The Morgan fingerprint density at radius 2 is 1.77 bits per heavy atom. The van der Waals surface area contributed by atoms with Gasteiger partial charge >= 0.3 is 0 Å². The number of methoxy groups -OCH3 is 2. The summed E-state index contributed by atoms with van der Waals surface area (Å²) in [4.78, 5) is 2.27. The minimum absolute atomic E-state index is 0.667. The molecule has 0 spiro atoms. The van der Waals surface area contributed by atoms with E-state index in [0.29, 0.717) is 13.2 Å². The molecule has 1 aromatic carbocycles. The molecular weight excluding hydrogens is 278 g/mol. The molecule has 0 amide bonds. The number of nitrogen functional groups attached to an aromatic ring is 1. The van der Waals surface area contributed by atoms with Gasteiger partial charge in [-0.3, -0.25) is 0 Å². The van der Waals surface area contributed by atoms with E-state index >= 15 is 0 Å². The van der Waals surface area contributed by atoms with Crippen molar-refractivity contribution in [2.45, 2.75) is 0 Å². The van der Waals surface area contributed by atoms with Gasteiger partial charge in [0.2, 0.25) is 0 Å². The van der Waals surface area contributed by atoms with Gasteiger partial charge in [-0.15, -0.1) is 0 Å². The molecule has 0 unspecified atom stereocenters. The van der Waals surface area contributed by atoms with Crippen LogP contribution in [0.15, 0.2) is 36.5 Å². The predicted octanol–water partition coefficient (Wildman–Crippen LogP) is 2.37. The van der Waals surface area contributed by atoms with Crippen molar-refractivity contribution in [1.29, 1.82) is 0 Å². The molecule has 0 saturated carbocycles. The summed E-state index contributed by atoms with van der Waals surface area (Å²) < 4.78 is 12.6. The van der Waals surface area contributed by atoms with Crippen molar-refractivity contribution in [2.75, 3.05) is 51.2 Å². The average molecular weight is 303 g/mol. The van der Waals surface area contributed by atoms with Gasteiger partial charge in [0, 0.05) is 63.2 Å². The Morgan fingerprint density at radius 1 is 1.09 bits per heavy atom. The van der Waals surface area contributed by atoms with Crippen LogP contribution in [0.3, 0.4) is 0 Å². The van der Waals surface area contributed by atoms with Gasteiger partial charge in [-0.05, 0) is 30.3 Å². The van der Waals surface area contributed by atoms with Crippen LogP contribution in [0.2, 0.25) is 0 Å². The molecule has 120 valence electrons. The van der Waals surface area contributed by atoms with Gasteiger partial charge < -0.3 is 24.7 Å². The van der Waals surface area contributed by atoms with E-state index in [-0.39, 0.29) is 0 Å². The normalized spacial score (nSPS) is 10.9. The Hall–Kier alpha value is -1.98. The van der Waals surface area contributed by atoms with Gasteiger partial charge in [0.25, 0.3) is 0 Å². The molecule has 2 N–H and O–H groups in total. The van der Waals surface area contributed by atoms with Crippen LogP contribution in [0.25, 0.3) is 11.3 Å². The van der Waals surface area contributed by atoms with Crippen molar-refractivity contribution in [3.63, 3.8) is 0 Å². The van der Waals surface area contributed by atoms with Crippen molar-refractivity contribution in [3.05, 3.63) is 36.5 Å². The topological polar surface area (TPSA) is 52.6 Å². The second-order valence-corrected chi connectivity index (χ2v) is 5.25. The zero-order chi connectivity index (χ0) is 15.9. The standard InChI is InChI=1S/C17H25N3O2/c1-19-8-4-5-16(19)15-13-14(18)6-7-17(15)20(9-11-21-2)10-12-22-3/h4-8,13H,9-12,18H2,1-3H3. The van der Waals surface area contributed by atoms with E-state index in [1.165, 1.54) is 0 Å². The molecule has 0 bridgehead atoms. The molecule has 5 nitrogen and oxygen atoms in total. The van der Waals surface area contributed by atoms with Crippen molar-refractivity contribution in [2.24, 2.45) is 7.05 Å². The summed E-state index contributed by atoms with van der Waals surface area (Å²) in [6.45, 7) is 2.95. The Labute approximate surface area is 132 Å². The number of nitrogens with zero attached hydrogens (tertiary/aromatic N) is 2. The largest absolute Gasteiger partial charge is 0.399 e. The van der Waals surface area contributed by atoms with Crippen LogP contribution in [0.5, 0.6) is 0 Å². The lowest BCUT2D eigenvalue weighted by atomic mass is 10.1. The summed E-state index contributed by atoms with van der Waals surface area (Å²) in [6, 6.07) is 10.2. The highest BCUT2D eigenvalue weighted by molar-refractivity contribution is 5.80. The van der Waals surface area contributed by atoms with Crippen molar-refractivity contribution in [3.8, 4) is 11.3 Å². The number of rotatable bonds is 8. The third-order valence-corrected chi connectivity index (χ3v) is 3.71. The number of hydrogen-bond acceptors (Lipinski definition) is 4. The molecule has 0 aliphatic rings. The Balaban J connectivity index is 2.40. The predicted molar refractivity (Wildman–Crippen MR) is 91.2 cm³/mol. The fraction of sp³-hybridized carbons (Fsp3) is 0.412. The third-order valence-electron chi connectivity index (χ3n) is 3.71. The fourth-order valence-corrected chi connectivity index (χ4v) is 2.53. The van der Waals surface area contributed by atoms with E-state index in [2.05, 4.69) is 21.6 Å². The van der Waals surface area contributed by atoms with Gasteiger partial charge in [0.05, 0.1) is 13.2 Å². The van der Waals surface area contributed by atoms with Crippen LogP contribution in [-0.2, 0) is 16.5 Å². The lowest BCUT2D eigenvalue weighted by molar-refractivity contribution is 0.190. The molecule has 1 aromatic heterocycles. The number of aryl methyl sites for hydroxylation is 1. The van der Waals surface area contributed by atoms with Gasteiger partial charge in [-0.25, -0.2) is 0 Å². The molecule has 22 heavy (non-hydrogen) atoms. The van der Waals surface area contributed by atoms with Crippen molar-refractivity contribution in [1.82, 2.24) is 4.57 Å². The van der Waals surface area contributed by atoms with Gasteiger partial charge in [0.1, 0.15) is 0 Å². The van der Waals surface area contributed by atoms with Gasteiger partial charge in [0.15, 0.2) is 0 Å². The van der Waals surface area contributed by atoms with E-state index in [0.717, 1.165) is 35.7 Å². The van der Waals surface area contributed by atoms with Crippen molar-refractivity contribution >= 4 is 11.4 Å². The number of nitrogens with two attached hydrogens (primary N) is 1. The summed E-state index contributed by atoms with van der Waals surface area (Å²) in [5, 5.41) is 0. The highest BCUT2D eigenvalue weighted by Crippen LogP contribution is 2.32. The van der Waals surface area contributed by atoms with Crippen molar-refractivity contribution < 1.29 is 9.47 Å². The molecule has 0 aliphatic heterocycles. The quantitative estimate of drug-likeness (QED) is 0.761. The molecule has 0 fully saturated rings. The Kier molecular flexibility index (Phi) is 5.86. The lowest BCUT2D eigenvalue weighted by Crippen LogP contribution is -2.31. The van der Waals surface area contributed by atoms with E-state index in [1.807, 2.05) is 31.4 Å². The highest BCUT2D eigenvalue weighted by atomic mass is 16.5. The SMILES string of the molecule is COCCN(CCOC)c1ccc(N)cc1-c1cccn1C. The van der Waals surface area contributed by atoms with Gasteiger partial charge in [-0.2, -0.15) is 0 Å². The van der Waals surface area contributed by atoms with Crippen LogP contribution < -0.4 is 10.6 Å². The van der Waals surface area contributed by atoms with Crippen LogP contribution in [-0.4, -0.2) is 45.1 Å². The third kappa shape index (κ3) is 3.81. The smallest absolute Gasteiger partial charge is 0.0637 e. The molecule has 2 aromatic rings. The second-order valence-electron chi connectivity index (χ2n) is 5.25. The first-order valence-corrected chi connectivity index (χ1v) is 7.41. The molecule has 5 heteroatoms. The number of aromatic nitrogens is 1. The zero-order valence-electron chi connectivity index (χ0n) is 13.6. The maximum absolute atomic E-state index is 6.01. The summed E-state index contributed by atoms with van der Waals surface area (Å²) in [5.74, 6) is 0. The highest BCUT2D eigenvalue weighted by Gasteiger charge is 2.14. The Morgan fingerprint density at radius 3 is 2.32 bits per heavy atom. The molecule has 1 heterocycles. The van der Waals surface area contributed by atoms with Crippen LogP contribution >= 0.6 is 0 Å². The van der Waals surface area contributed by atoms with Crippen LogP contribution in [0, 0.1) is 0 Å². The number of benzene rings is 1. The summed E-state index contributed by atoms with van der Waals surface area (Å²) in [5.41, 5.74) is 10.2. The number of hydrogen-bond donors (Lipinski definition) is 1. The fourth-order valence-electron chi connectivity index (χ4n) is 2.53. The maximum atomic E-state index is 6.01. The molecule has 2 rings (SSSR count). The van der Waals surface area contributed by atoms with E-state index in [9.17, 15) is 0 Å². The molecular formula is C17H25N3O2. The van der Waals surface area contributed by atoms with E-state index in [1.54, 1.807) is 14.2 Å². The first-order chi connectivity index (χ1) is 10.7. The van der Waals surface area contributed by atoms with E-state index in [4.69, 9.17) is 15.2 Å². The van der Waals surface area contributed by atoms with Crippen LogP contribution in [0.1, 0.15) is 0 Å². The maximum Gasteiger partial charge on any atom is 0.0637 e. The minimum atomic E-state index is 0.667. The number of anilines is 2. The second kappa shape index (κ2) is 7.87. The first kappa shape index (κ1) is 16.4. The first-order valence-electron chi connectivity index (χ1n) is 7.41. The molecule has 0 aliphatic carbocycles. The van der Waals surface area contributed by atoms with Crippen LogP contribution in [0.4, 0.5) is 11.4 Å². The van der Waals surface area contributed by atoms with E-state index < -0.39 is 0 Å². The molecule has 0 atom stereocenters. The summed E-state index contributed by atoms with van der Waals surface area (Å²) >= 11 is 0. The average Bonchev–Trinajstić information content (AvgIpc) is 2.94. The summed E-state index contributed by atoms with van der Waals surface area (Å²) in [6.07, 6.45) is 2.04. The monoisotopic (exact) mass is 303 g/mol. The molecule has 0 saturated heterocycles. The number of ether oxygens (including phenoxy) is 2. The molecule has 0 radical (unpaired) electrons. The Bertz CT molecular complexity index is 587. The summed E-state index contributed by atoms with van der Waals surface area (Å²) in [7, 11) is 5.47. The lowest BCUT2D eigenvalue weighted by Gasteiger charge is -2.27. The van der Waals surface area contributed by atoms with Gasteiger partial charge in [-0.1, -0.05) is 0 Å². The zero-order valence-corrected chi connectivity index (χ0v) is 13.6.